The monoisotopic (exact) mass is 304 g/mol. The fraction of sp³-hybridized carbons (Fsp3) is 0.706. The van der Waals surface area contributed by atoms with Gasteiger partial charge in [0.05, 0.1) is 5.54 Å². The van der Waals surface area contributed by atoms with Crippen molar-refractivity contribution in [1.29, 1.82) is 0 Å². The minimum Gasteiger partial charge on any atom is -0.317 e. The molecule has 0 aromatic carbocycles. The van der Waals surface area contributed by atoms with E-state index in [-0.39, 0.29) is 11.7 Å². The topological polar surface area (TPSA) is 32.3 Å². The van der Waals surface area contributed by atoms with Crippen LogP contribution in [0.25, 0.3) is 0 Å². The summed E-state index contributed by atoms with van der Waals surface area (Å²) in [6.07, 6.45) is 9.47. The summed E-state index contributed by atoms with van der Waals surface area (Å²) in [5.41, 5.74) is -0.245. The third-order valence-electron chi connectivity index (χ3n) is 5.54. The molecule has 114 valence electrons. The molecule has 1 N–H and O–H groups in total. The van der Waals surface area contributed by atoms with Gasteiger partial charge in [0.1, 0.15) is 6.17 Å². The van der Waals surface area contributed by atoms with Crippen molar-refractivity contribution in [3.63, 3.8) is 0 Å². The molecular weight excluding hydrogens is 280 g/mol. The van der Waals surface area contributed by atoms with Gasteiger partial charge >= 0.3 is 0 Å². The molecule has 1 saturated heterocycles. The van der Waals surface area contributed by atoms with Gasteiger partial charge in [-0.05, 0) is 44.7 Å². The van der Waals surface area contributed by atoms with Crippen LogP contribution < -0.4 is 5.32 Å². The van der Waals surface area contributed by atoms with Crippen LogP contribution in [0.4, 0.5) is 0 Å². The van der Waals surface area contributed by atoms with Gasteiger partial charge in [0.25, 0.3) is 0 Å². The number of aryl methyl sites for hydroxylation is 1. The average Bonchev–Trinajstić information content (AvgIpc) is 3.21. The average molecular weight is 304 g/mol. The molecule has 0 bridgehead atoms. The van der Waals surface area contributed by atoms with Crippen LogP contribution in [0.3, 0.4) is 0 Å². The highest BCUT2D eigenvalue weighted by molar-refractivity contribution is 7.12. The second-order valence-corrected chi connectivity index (χ2v) is 8.25. The molecule has 1 unspecified atom stereocenters. The van der Waals surface area contributed by atoms with Crippen LogP contribution in [0.15, 0.2) is 12.1 Å². The molecular formula is C17H24N2OS. The van der Waals surface area contributed by atoms with E-state index in [0.717, 1.165) is 12.8 Å². The summed E-state index contributed by atoms with van der Waals surface area (Å²) in [5.74, 6) is 0.392. The molecule has 3 aliphatic rings. The Morgan fingerprint density at radius 3 is 2.52 bits per heavy atom. The van der Waals surface area contributed by atoms with Crippen LogP contribution in [0.1, 0.15) is 67.3 Å². The van der Waals surface area contributed by atoms with Gasteiger partial charge < -0.3 is 4.90 Å². The van der Waals surface area contributed by atoms with Gasteiger partial charge in [-0.2, -0.15) is 0 Å². The summed E-state index contributed by atoms with van der Waals surface area (Å²) < 4.78 is 0. The molecule has 1 amide bonds. The molecule has 3 nitrogen and oxygen atoms in total. The number of rotatable bonds is 2. The maximum absolute atomic E-state index is 13.2. The van der Waals surface area contributed by atoms with E-state index in [4.69, 9.17) is 0 Å². The lowest BCUT2D eigenvalue weighted by atomic mass is 9.97. The van der Waals surface area contributed by atoms with E-state index in [9.17, 15) is 4.79 Å². The number of nitrogens with one attached hydrogen (secondary N) is 1. The SMILES string of the molecule is Cc1ccc(C2NC3(CCCC3)C(=O)N2C2CCCC2)s1. The molecule has 1 aromatic heterocycles. The maximum atomic E-state index is 13.2. The van der Waals surface area contributed by atoms with Gasteiger partial charge in [0, 0.05) is 15.8 Å². The first-order valence-electron chi connectivity index (χ1n) is 8.36. The van der Waals surface area contributed by atoms with Gasteiger partial charge in [0.2, 0.25) is 5.91 Å². The van der Waals surface area contributed by atoms with E-state index in [1.807, 2.05) is 11.3 Å². The van der Waals surface area contributed by atoms with Crippen molar-refractivity contribution in [3.05, 3.63) is 21.9 Å². The Morgan fingerprint density at radius 2 is 1.90 bits per heavy atom. The van der Waals surface area contributed by atoms with Crippen molar-refractivity contribution in [2.24, 2.45) is 0 Å². The highest BCUT2D eigenvalue weighted by Gasteiger charge is 2.54. The Hall–Kier alpha value is -0.870. The number of carbonyl (C=O) groups excluding carboxylic acids is 1. The summed E-state index contributed by atoms with van der Waals surface area (Å²) in [5, 5.41) is 3.76. The number of thiophene rings is 1. The van der Waals surface area contributed by atoms with Gasteiger partial charge in [-0.25, -0.2) is 0 Å². The predicted octanol–water partition coefficient (Wildman–Crippen LogP) is 3.74. The molecule has 2 aliphatic carbocycles. The Morgan fingerprint density at radius 1 is 1.19 bits per heavy atom. The van der Waals surface area contributed by atoms with Gasteiger partial charge in [0.15, 0.2) is 0 Å². The van der Waals surface area contributed by atoms with Crippen LogP contribution in [-0.2, 0) is 4.79 Å². The van der Waals surface area contributed by atoms with E-state index >= 15 is 0 Å². The largest absolute Gasteiger partial charge is 0.317 e. The third-order valence-corrected chi connectivity index (χ3v) is 6.59. The zero-order chi connectivity index (χ0) is 14.4. The van der Waals surface area contributed by atoms with Crippen molar-refractivity contribution in [2.75, 3.05) is 0 Å². The van der Waals surface area contributed by atoms with Crippen LogP contribution in [0.2, 0.25) is 0 Å². The van der Waals surface area contributed by atoms with E-state index in [1.165, 1.54) is 48.3 Å². The quantitative estimate of drug-likeness (QED) is 0.902. The number of hydrogen-bond acceptors (Lipinski definition) is 3. The van der Waals surface area contributed by atoms with E-state index < -0.39 is 0 Å². The van der Waals surface area contributed by atoms with Gasteiger partial charge in [-0.3, -0.25) is 10.1 Å². The minimum absolute atomic E-state index is 0.123. The van der Waals surface area contributed by atoms with Crippen LogP contribution in [-0.4, -0.2) is 22.4 Å². The lowest BCUT2D eigenvalue weighted by Gasteiger charge is -2.29. The fourth-order valence-corrected chi connectivity index (χ4v) is 5.39. The van der Waals surface area contributed by atoms with Crippen LogP contribution in [0.5, 0.6) is 0 Å². The molecule has 1 atom stereocenters. The molecule has 2 heterocycles. The van der Waals surface area contributed by atoms with E-state index in [1.54, 1.807) is 0 Å². The zero-order valence-corrected chi connectivity index (χ0v) is 13.5. The fourth-order valence-electron chi connectivity index (χ4n) is 4.46. The second-order valence-electron chi connectivity index (χ2n) is 6.94. The van der Waals surface area contributed by atoms with E-state index in [0.29, 0.717) is 11.9 Å². The summed E-state index contributed by atoms with van der Waals surface area (Å²) in [7, 11) is 0. The first-order chi connectivity index (χ1) is 10.2. The summed E-state index contributed by atoms with van der Waals surface area (Å²) >= 11 is 1.84. The Balaban J connectivity index is 1.70. The van der Waals surface area contributed by atoms with Gasteiger partial charge in [-0.1, -0.05) is 25.7 Å². The van der Waals surface area contributed by atoms with Crippen molar-refractivity contribution in [3.8, 4) is 0 Å². The summed E-state index contributed by atoms with van der Waals surface area (Å²) in [6.45, 7) is 2.15. The molecule has 1 spiro atoms. The molecule has 4 heteroatoms. The van der Waals surface area contributed by atoms with Gasteiger partial charge in [-0.15, -0.1) is 11.3 Å². The van der Waals surface area contributed by atoms with Crippen molar-refractivity contribution in [2.45, 2.75) is 76.0 Å². The molecule has 1 aromatic rings. The standard InChI is InChI=1S/C17H24N2OS/c1-12-8-9-14(21-12)15-18-17(10-4-5-11-17)16(20)19(15)13-6-2-3-7-13/h8-9,13,15,18H,2-7,10-11H2,1H3. The van der Waals surface area contributed by atoms with Crippen LogP contribution in [0, 0.1) is 6.92 Å². The van der Waals surface area contributed by atoms with Crippen molar-refractivity contribution < 1.29 is 4.79 Å². The zero-order valence-electron chi connectivity index (χ0n) is 12.7. The first kappa shape index (κ1) is 13.8. The third kappa shape index (κ3) is 2.15. The van der Waals surface area contributed by atoms with Crippen molar-refractivity contribution in [1.82, 2.24) is 10.2 Å². The summed E-state index contributed by atoms with van der Waals surface area (Å²) in [6, 6.07) is 4.84. The molecule has 3 fully saturated rings. The lowest BCUT2D eigenvalue weighted by Crippen LogP contribution is -2.45. The molecule has 4 rings (SSSR count). The number of nitrogens with zero attached hydrogens (tertiary/aromatic N) is 1. The predicted molar refractivity (Wildman–Crippen MR) is 85.2 cm³/mol. The first-order valence-corrected chi connectivity index (χ1v) is 9.18. The number of carbonyl (C=O) groups is 1. The summed E-state index contributed by atoms with van der Waals surface area (Å²) in [4.78, 5) is 18.0. The van der Waals surface area contributed by atoms with Crippen LogP contribution >= 0.6 is 11.3 Å². The number of hydrogen-bond donors (Lipinski definition) is 1. The Labute approximate surface area is 130 Å². The highest BCUT2D eigenvalue weighted by atomic mass is 32.1. The maximum Gasteiger partial charge on any atom is 0.244 e. The minimum atomic E-state index is -0.245. The highest BCUT2D eigenvalue weighted by Crippen LogP contribution is 2.45. The normalized spacial score (nSPS) is 29.1. The van der Waals surface area contributed by atoms with E-state index in [2.05, 4.69) is 29.3 Å². The van der Waals surface area contributed by atoms with Crippen molar-refractivity contribution >= 4 is 17.2 Å². The number of amides is 1. The molecule has 0 radical (unpaired) electrons. The molecule has 21 heavy (non-hydrogen) atoms. The molecule has 2 saturated carbocycles. The Bertz CT molecular complexity index is 541. The second kappa shape index (κ2) is 5.10. The lowest BCUT2D eigenvalue weighted by molar-refractivity contribution is -0.135. The Kier molecular flexibility index (Phi) is 3.34. The molecule has 1 aliphatic heterocycles. The smallest absolute Gasteiger partial charge is 0.244 e.